The highest BCUT2D eigenvalue weighted by Crippen LogP contribution is 2.67. The zero-order valence-electron chi connectivity index (χ0n) is 10.6. The van der Waals surface area contributed by atoms with E-state index in [0.717, 1.165) is 35.5 Å². The smallest absolute Gasteiger partial charge is 0.126 e. The predicted molar refractivity (Wildman–Crippen MR) is 80.3 cm³/mol. The van der Waals surface area contributed by atoms with Crippen LogP contribution in [-0.4, -0.2) is 6.00 Å². The maximum atomic E-state index is 6.48. The van der Waals surface area contributed by atoms with Crippen molar-refractivity contribution < 1.29 is 0 Å². The van der Waals surface area contributed by atoms with Gasteiger partial charge in [-0.2, -0.15) is 0 Å². The van der Waals surface area contributed by atoms with Gasteiger partial charge in [0.05, 0.1) is 0 Å². The Kier molecular flexibility index (Phi) is 3.05. The minimum Gasteiger partial charge on any atom is -0.126 e. The van der Waals surface area contributed by atoms with Crippen molar-refractivity contribution in [3.63, 3.8) is 0 Å². The minimum absolute atomic E-state index is 0.491. The fourth-order valence-electron chi connectivity index (χ4n) is 6.20. The average Bonchev–Trinajstić information content (AvgIpc) is 3.05. The lowest BCUT2D eigenvalue weighted by Crippen LogP contribution is -2.37. The Morgan fingerprint density at radius 3 is 2.06 bits per heavy atom. The van der Waals surface area contributed by atoms with Crippen LogP contribution in [0.2, 0.25) is 5.54 Å². The molecule has 0 aromatic heterocycles. The second kappa shape index (κ2) is 4.29. The van der Waals surface area contributed by atoms with Crippen molar-refractivity contribution in [3.05, 3.63) is 0 Å². The summed E-state index contributed by atoms with van der Waals surface area (Å²) in [5, 5.41) is 0. The van der Waals surface area contributed by atoms with Gasteiger partial charge < -0.3 is 0 Å². The molecule has 4 aliphatic rings. The van der Waals surface area contributed by atoms with Crippen LogP contribution in [0, 0.1) is 35.5 Å². The van der Waals surface area contributed by atoms with Crippen LogP contribution >= 0.6 is 33.2 Å². The lowest BCUT2D eigenvalue weighted by atomic mass is 9.72. The number of hydrogen-bond acceptors (Lipinski definition) is 0. The minimum atomic E-state index is -2.52. The first-order chi connectivity index (χ1) is 8.54. The molecule has 0 aromatic carbocycles. The molecule has 7 atom stereocenters. The molecule has 0 aliphatic heterocycles. The number of rotatable bonds is 2. The van der Waals surface area contributed by atoms with Gasteiger partial charge >= 0.3 is 6.00 Å². The summed E-state index contributed by atoms with van der Waals surface area (Å²) in [4.78, 5) is 0. The molecule has 4 rings (SSSR count). The van der Waals surface area contributed by atoms with Gasteiger partial charge in [0.25, 0.3) is 0 Å². The Morgan fingerprint density at radius 2 is 1.44 bits per heavy atom. The van der Waals surface area contributed by atoms with Crippen LogP contribution < -0.4 is 0 Å². The molecule has 4 aliphatic carbocycles. The molecule has 0 radical (unpaired) electrons. The molecule has 0 heterocycles. The average molecular weight is 324 g/mol. The molecule has 0 aromatic rings. The van der Waals surface area contributed by atoms with Gasteiger partial charge in [0, 0.05) is 5.54 Å². The quantitative estimate of drug-likeness (QED) is 0.465. The Balaban J connectivity index is 1.62. The summed E-state index contributed by atoms with van der Waals surface area (Å²) in [5.74, 6) is 5.40. The molecule has 0 nitrogen and oxygen atoms in total. The monoisotopic (exact) mass is 322 g/mol. The highest BCUT2D eigenvalue weighted by atomic mass is 35.8. The highest BCUT2D eigenvalue weighted by molar-refractivity contribution is 7.65. The van der Waals surface area contributed by atoms with Crippen LogP contribution in [0.15, 0.2) is 0 Å². The summed E-state index contributed by atoms with van der Waals surface area (Å²) in [5.41, 5.74) is 0.491. The first kappa shape index (κ1) is 12.8. The van der Waals surface area contributed by atoms with Crippen LogP contribution in [0.1, 0.15) is 44.9 Å². The van der Waals surface area contributed by atoms with Gasteiger partial charge in [-0.05, 0) is 67.6 Å². The van der Waals surface area contributed by atoms with E-state index in [2.05, 4.69) is 0 Å². The van der Waals surface area contributed by atoms with Gasteiger partial charge in [0.1, 0.15) is 0 Å². The van der Waals surface area contributed by atoms with Gasteiger partial charge in [0.15, 0.2) is 0 Å². The fraction of sp³-hybridized carbons (Fsp3) is 1.00. The van der Waals surface area contributed by atoms with Gasteiger partial charge in [-0.15, -0.1) is 33.2 Å². The molecule has 7 unspecified atom stereocenters. The van der Waals surface area contributed by atoms with Crippen molar-refractivity contribution in [3.8, 4) is 0 Å². The van der Waals surface area contributed by atoms with Crippen LogP contribution in [0.4, 0.5) is 0 Å². The summed E-state index contributed by atoms with van der Waals surface area (Å²) < 4.78 is 0. The molecule has 0 spiro atoms. The van der Waals surface area contributed by atoms with Crippen LogP contribution in [0.3, 0.4) is 0 Å². The topological polar surface area (TPSA) is 0 Å². The maximum Gasteiger partial charge on any atom is 0.344 e. The van der Waals surface area contributed by atoms with E-state index < -0.39 is 6.00 Å². The zero-order valence-corrected chi connectivity index (χ0v) is 13.9. The summed E-state index contributed by atoms with van der Waals surface area (Å²) in [6.45, 7) is 0. The van der Waals surface area contributed by atoms with E-state index in [9.17, 15) is 0 Å². The van der Waals surface area contributed by atoms with Crippen molar-refractivity contribution >= 4 is 39.2 Å². The van der Waals surface area contributed by atoms with Gasteiger partial charge in [-0.1, -0.05) is 12.8 Å². The molecule has 18 heavy (non-hydrogen) atoms. The summed E-state index contributed by atoms with van der Waals surface area (Å²) in [6, 6.07) is -2.52. The molecule has 102 valence electrons. The molecular weight excluding hydrogens is 303 g/mol. The third-order valence-electron chi connectivity index (χ3n) is 6.65. The number of hydrogen-bond donors (Lipinski definition) is 0. The largest absolute Gasteiger partial charge is 0.344 e. The van der Waals surface area contributed by atoms with Gasteiger partial charge in [0.2, 0.25) is 0 Å². The third-order valence-corrected chi connectivity index (χ3v) is 10.5. The highest BCUT2D eigenvalue weighted by Gasteiger charge is 2.60. The Bertz CT molecular complexity index is 353. The molecule has 4 bridgehead atoms. The van der Waals surface area contributed by atoms with E-state index in [0.29, 0.717) is 5.54 Å². The second-order valence-corrected chi connectivity index (χ2v) is 16.2. The first-order valence-corrected chi connectivity index (χ1v) is 12.7. The van der Waals surface area contributed by atoms with Gasteiger partial charge in [-0.25, -0.2) is 0 Å². The van der Waals surface area contributed by atoms with E-state index in [-0.39, 0.29) is 0 Å². The standard InChI is InChI=1S/C14H21Cl3Si/c15-18(16,17)14-11-4-3-10(7-11)13(14)12-6-8-1-2-9(12)5-8/h8-14H,1-7H2. The van der Waals surface area contributed by atoms with E-state index in [4.69, 9.17) is 33.2 Å². The normalized spacial score (nSPS) is 54.5. The summed E-state index contributed by atoms with van der Waals surface area (Å²) >= 11 is 19.4. The third kappa shape index (κ3) is 1.84. The molecule has 4 heteroatoms. The molecular formula is C14H21Cl3Si. The SMILES string of the molecule is Cl[Si](Cl)(Cl)C1C2CCC(C2)C1C1CC2CCC1C2. The second-order valence-electron chi connectivity index (χ2n) is 7.32. The van der Waals surface area contributed by atoms with E-state index >= 15 is 0 Å². The van der Waals surface area contributed by atoms with E-state index in [1.807, 2.05) is 0 Å². The van der Waals surface area contributed by atoms with Crippen molar-refractivity contribution in [1.82, 2.24) is 0 Å². The fourth-order valence-corrected chi connectivity index (χ4v) is 10.9. The van der Waals surface area contributed by atoms with Crippen molar-refractivity contribution in [1.29, 1.82) is 0 Å². The molecule has 0 N–H and O–H groups in total. The van der Waals surface area contributed by atoms with Crippen LogP contribution in [0.5, 0.6) is 0 Å². The predicted octanol–water partition coefficient (Wildman–Crippen LogP) is 5.49. The Hall–Kier alpha value is 1.09. The number of halogens is 3. The van der Waals surface area contributed by atoms with Crippen molar-refractivity contribution in [2.24, 2.45) is 35.5 Å². The lowest BCUT2D eigenvalue weighted by Gasteiger charge is -2.41. The molecule has 0 amide bonds. The molecule has 4 saturated carbocycles. The van der Waals surface area contributed by atoms with Crippen LogP contribution in [-0.2, 0) is 0 Å². The lowest BCUT2D eigenvalue weighted by molar-refractivity contribution is 0.163. The van der Waals surface area contributed by atoms with E-state index in [1.54, 1.807) is 0 Å². The van der Waals surface area contributed by atoms with E-state index in [1.165, 1.54) is 44.9 Å². The summed E-state index contributed by atoms with van der Waals surface area (Å²) in [7, 11) is 0. The molecule has 0 saturated heterocycles. The number of fused-ring (bicyclic) bond motifs is 4. The van der Waals surface area contributed by atoms with Crippen molar-refractivity contribution in [2.75, 3.05) is 0 Å². The van der Waals surface area contributed by atoms with Gasteiger partial charge in [-0.3, -0.25) is 0 Å². The first-order valence-electron chi connectivity index (χ1n) is 7.60. The maximum absolute atomic E-state index is 6.48. The molecule has 4 fully saturated rings. The van der Waals surface area contributed by atoms with Crippen molar-refractivity contribution in [2.45, 2.75) is 50.5 Å². The Labute approximate surface area is 125 Å². The zero-order chi connectivity index (χ0) is 12.5. The van der Waals surface area contributed by atoms with Crippen LogP contribution in [0.25, 0.3) is 0 Å². The Morgan fingerprint density at radius 1 is 0.722 bits per heavy atom. The summed E-state index contributed by atoms with van der Waals surface area (Å²) in [6.07, 6.45) is 10.1.